The number of hydrogen-bond acceptors (Lipinski definition) is 3. The monoisotopic (exact) mass is 285 g/mol. The Bertz CT molecular complexity index is 596. The summed E-state index contributed by atoms with van der Waals surface area (Å²) >= 11 is 0. The molecule has 2 aromatic carbocycles. The number of rotatable bonds is 6. The molecule has 0 radical (unpaired) electrons. The van der Waals surface area contributed by atoms with Crippen LogP contribution in [-0.2, 0) is 6.42 Å². The van der Waals surface area contributed by atoms with Gasteiger partial charge in [0, 0.05) is 5.92 Å². The third-order valence-electron chi connectivity index (χ3n) is 3.73. The molecule has 0 aliphatic heterocycles. The highest BCUT2D eigenvalue weighted by molar-refractivity contribution is 5.44. The molecule has 0 saturated carbocycles. The summed E-state index contributed by atoms with van der Waals surface area (Å²) in [5.74, 6) is 1.76. The second kappa shape index (κ2) is 7.14. The molecule has 0 bridgehead atoms. The van der Waals surface area contributed by atoms with Crippen LogP contribution in [-0.4, -0.2) is 20.8 Å². The lowest BCUT2D eigenvalue weighted by Gasteiger charge is -2.18. The molecule has 2 aromatic rings. The third-order valence-corrected chi connectivity index (χ3v) is 3.73. The van der Waals surface area contributed by atoms with Gasteiger partial charge < -0.3 is 15.2 Å². The fourth-order valence-electron chi connectivity index (χ4n) is 2.57. The van der Waals surface area contributed by atoms with Crippen molar-refractivity contribution < 1.29 is 9.47 Å². The molecule has 2 rings (SSSR count). The largest absolute Gasteiger partial charge is 0.493 e. The van der Waals surface area contributed by atoms with Crippen molar-refractivity contribution in [1.82, 2.24) is 0 Å². The van der Waals surface area contributed by atoms with E-state index in [2.05, 4.69) is 37.3 Å². The van der Waals surface area contributed by atoms with Crippen LogP contribution >= 0.6 is 0 Å². The summed E-state index contributed by atoms with van der Waals surface area (Å²) in [6, 6.07) is 14.6. The van der Waals surface area contributed by atoms with Crippen LogP contribution in [0.2, 0.25) is 0 Å². The van der Waals surface area contributed by atoms with Crippen LogP contribution in [0.25, 0.3) is 0 Å². The van der Waals surface area contributed by atoms with E-state index in [1.54, 1.807) is 14.2 Å². The smallest absolute Gasteiger partial charge is 0.160 e. The molecule has 1 atom stereocenters. The van der Waals surface area contributed by atoms with Crippen molar-refractivity contribution >= 4 is 0 Å². The van der Waals surface area contributed by atoms with Crippen LogP contribution in [0.1, 0.15) is 22.6 Å². The minimum Gasteiger partial charge on any atom is -0.493 e. The Morgan fingerprint density at radius 3 is 2.38 bits per heavy atom. The fraction of sp³-hybridized carbons (Fsp3) is 0.333. The van der Waals surface area contributed by atoms with E-state index in [-0.39, 0.29) is 5.92 Å². The van der Waals surface area contributed by atoms with E-state index >= 15 is 0 Å². The summed E-state index contributed by atoms with van der Waals surface area (Å²) in [7, 11) is 3.30. The van der Waals surface area contributed by atoms with Crippen LogP contribution in [0.5, 0.6) is 11.5 Å². The summed E-state index contributed by atoms with van der Waals surface area (Å²) < 4.78 is 10.7. The Balaban J connectivity index is 2.25. The molecule has 2 N–H and O–H groups in total. The van der Waals surface area contributed by atoms with Crippen LogP contribution in [0.3, 0.4) is 0 Å². The number of ether oxygens (including phenoxy) is 2. The summed E-state index contributed by atoms with van der Waals surface area (Å²) in [4.78, 5) is 0. The molecule has 0 aliphatic carbocycles. The van der Waals surface area contributed by atoms with Gasteiger partial charge in [0.2, 0.25) is 0 Å². The maximum Gasteiger partial charge on any atom is 0.160 e. The Hall–Kier alpha value is -2.00. The highest BCUT2D eigenvalue weighted by Crippen LogP contribution is 2.31. The number of nitrogens with two attached hydrogens (primary N) is 1. The zero-order chi connectivity index (χ0) is 15.2. The van der Waals surface area contributed by atoms with Crippen LogP contribution in [0.4, 0.5) is 0 Å². The van der Waals surface area contributed by atoms with Gasteiger partial charge in [-0.15, -0.1) is 0 Å². The van der Waals surface area contributed by atoms with E-state index in [0.29, 0.717) is 6.54 Å². The molecule has 1 unspecified atom stereocenters. The minimum atomic E-state index is 0.270. The number of hydrogen-bond donors (Lipinski definition) is 1. The Morgan fingerprint density at radius 1 is 1.00 bits per heavy atom. The Morgan fingerprint density at radius 2 is 1.76 bits per heavy atom. The lowest BCUT2D eigenvalue weighted by atomic mass is 9.91. The number of benzene rings is 2. The van der Waals surface area contributed by atoms with Crippen LogP contribution in [0.15, 0.2) is 42.5 Å². The van der Waals surface area contributed by atoms with Gasteiger partial charge >= 0.3 is 0 Å². The van der Waals surface area contributed by atoms with Crippen molar-refractivity contribution in [3.05, 3.63) is 59.2 Å². The van der Waals surface area contributed by atoms with Gasteiger partial charge in [0.25, 0.3) is 0 Å². The normalized spacial score (nSPS) is 12.0. The number of methoxy groups -OCH3 is 2. The SMILES string of the molecule is COc1ccc(C(CN)Cc2cccc(C)c2)cc1OC. The molecule has 0 saturated heterocycles. The van der Waals surface area contributed by atoms with Crippen molar-refractivity contribution in [2.45, 2.75) is 19.3 Å². The molecule has 0 fully saturated rings. The van der Waals surface area contributed by atoms with E-state index in [1.165, 1.54) is 16.7 Å². The minimum absolute atomic E-state index is 0.270. The first kappa shape index (κ1) is 15.4. The first-order chi connectivity index (χ1) is 10.2. The van der Waals surface area contributed by atoms with Crippen LogP contribution < -0.4 is 15.2 Å². The molecule has 0 aromatic heterocycles. The van der Waals surface area contributed by atoms with Crippen molar-refractivity contribution in [2.75, 3.05) is 20.8 Å². The molecular weight excluding hydrogens is 262 g/mol. The lowest BCUT2D eigenvalue weighted by molar-refractivity contribution is 0.354. The Labute approximate surface area is 126 Å². The first-order valence-corrected chi connectivity index (χ1v) is 7.15. The standard InChI is InChI=1S/C18H23NO2/c1-13-5-4-6-14(9-13)10-16(12-19)15-7-8-17(20-2)18(11-15)21-3/h4-9,11,16H,10,12,19H2,1-3H3. The van der Waals surface area contributed by atoms with Gasteiger partial charge in [-0.2, -0.15) is 0 Å². The number of aryl methyl sites for hydroxylation is 1. The second-order valence-electron chi connectivity index (χ2n) is 5.24. The predicted octanol–water partition coefficient (Wildman–Crippen LogP) is 3.30. The second-order valence-corrected chi connectivity index (χ2v) is 5.24. The average molecular weight is 285 g/mol. The maximum absolute atomic E-state index is 5.98. The van der Waals surface area contributed by atoms with Gasteiger partial charge in [-0.25, -0.2) is 0 Å². The van der Waals surface area contributed by atoms with Gasteiger partial charge in [0.1, 0.15) is 0 Å². The molecule has 0 spiro atoms. The van der Waals surface area contributed by atoms with Crippen molar-refractivity contribution in [1.29, 1.82) is 0 Å². The van der Waals surface area contributed by atoms with Gasteiger partial charge in [-0.1, -0.05) is 35.9 Å². The third kappa shape index (κ3) is 3.76. The zero-order valence-corrected chi connectivity index (χ0v) is 12.9. The first-order valence-electron chi connectivity index (χ1n) is 7.15. The fourth-order valence-corrected chi connectivity index (χ4v) is 2.57. The van der Waals surface area contributed by atoms with Crippen LogP contribution in [0, 0.1) is 6.92 Å². The van der Waals surface area contributed by atoms with E-state index in [1.807, 2.05) is 12.1 Å². The highest BCUT2D eigenvalue weighted by Gasteiger charge is 2.14. The molecule has 3 nitrogen and oxygen atoms in total. The van der Waals surface area contributed by atoms with Gasteiger partial charge in [-0.05, 0) is 43.1 Å². The van der Waals surface area contributed by atoms with E-state index in [0.717, 1.165) is 17.9 Å². The molecule has 21 heavy (non-hydrogen) atoms. The average Bonchev–Trinajstić information content (AvgIpc) is 2.52. The topological polar surface area (TPSA) is 44.5 Å². The molecule has 112 valence electrons. The van der Waals surface area contributed by atoms with E-state index in [4.69, 9.17) is 15.2 Å². The summed E-state index contributed by atoms with van der Waals surface area (Å²) in [5, 5.41) is 0. The predicted molar refractivity (Wildman–Crippen MR) is 86.2 cm³/mol. The van der Waals surface area contributed by atoms with Gasteiger partial charge in [0.15, 0.2) is 11.5 Å². The molecule has 0 aliphatic rings. The molecule has 0 amide bonds. The molecular formula is C18H23NO2. The molecule has 0 heterocycles. The molecule has 3 heteroatoms. The summed E-state index contributed by atoms with van der Waals surface area (Å²) in [6.07, 6.45) is 0.924. The summed E-state index contributed by atoms with van der Waals surface area (Å²) in [6.45, 7) is 2.71. The quantitative estimate of drug-likeness (QED) is 0.885. The van der Waals surface area contributed by atoms with E-state index in [9.17, 15) is 0 Å². The summed E-state index contributed by atoms with van der Waals surface area (Å²) in [5.41, 5.74) is 9.74. The van der Waals surface area contributed by atoms with E-state index < -0.39 is 0 Å². The highest BCUT2D eigenvalue weighted by atomic mass is 16.5. The Kier molecular flexibility index (Phi) is 5.23. The van der Waals surface area contributed by atoms with Crippen molar-refractivity contribution in [2.24, 2.45) is 5.73 Å². The van der Waals surface area contributed by atoms with Crippen molar-refractivity contribution in [3.63, 3.8) is 0 Å². The van der Waals surface area contributed by atoms with Gasteiger partial charge in [0.05, 0.1) is 14.2 Å². The maximum atomic E-state index is 5.98. The van der Waals surface area contributed by atoms with Gasteiger partial charge in [-0.3, -0.25) is 0 Å². The lowest BCUT2D eigenvalue weighted by Crippen LogP contribution is -2.15. The zero-order valence-electron chi connectivity index (χ0n) is 12.9. The van der Waals surface area contributed by atoms with Crippen molar-refractivity contribution in [3.8, 4) is 11.5 Å².